The molecular formula is C32H56N8O13. The number of aliphatic carboxylic acids is 2. The standard InChI is InChI=1S/C15H26N4O5.C10H19N3O3.C7H11NO5/c1-17(2)15(24)18-6-7-19(11(8-18)14(22)23)13(21)9-4-3-5-10(16)12(9)20;1-4-16-9(14)8-7-13(6-5-11-8)10(15)12(2)3;9-6-4(7(10)11)2-1-3-5(6)8(12)13/h9-12,20H,3-8,16H2,1-2H3,(H,22,23);8,11H,4-7H2,1-3H3;4-6,9H,1-3H2,(H,10,11). The van der Waals surface area contributed by atoms with Gasteiger partial charge in [0.05, 0.1) is 31.1 Å². The first kappa shape index (κ1) is 44.8. The number of ether oxygens (including phenoxy) is 1. The Bertz CT molecular complexity index is 1280. The highest BCUT2D eigenvalue weighted by Crippen LogP contribution is 2.28. The van der Waals surface area contributed by atoms with E-state index in [4.69, 9.17) is 15.6 Å². The van der Waals surface area contributed by atoms with Gasteiger partial charge in [-0.2, -0.15) is 0 Å². The number of esters is 1. The van der Waals surface area contributed by atoms with Crippen molar-refractivity contribution in [2.45, 2.75) is 81.8 Å². The van der Waals surface area contributed by atoms with E-state index in [9.17, 15) is 54.2 Å². The monoisotopic (exact) mass is 760 g/mol. The van der Waals surface area contributed by atoms with Gasteiger partial charge in [0.1, 0.15) is 18.2 Å². The van der Waals surface area contributed by atoms with Crippen LogP contribution in [0.2, 0.25) is 0 Å². The highest BCUT2D eigenvalue weighted by Gasteiger charge is 2.44. The Balaban J connectivity index is 0.000000292. The summed E-state index contributed by atoms with van der Waals surface area (Å²) in [5, 5.41) is 51.1. The molecule has 2 saturated heterocycles. The fraction of sp³-hybridized carbons (Fsp3) is 0.812. The molecule has 0 aromatic carbocycles. The molecule has 2 heterocycles. The molecule has 8 unspecified atom stereocenters. The number of hydrogen-bond acceptors (Lipinski definition) is 13. The summed E-state index contributed by atoms with van der Waals surface area (Å²) in [7, 11) is 6.58. The molecule has 0 bridgehead atoms. The number of rotatable bonds is 6. The topological polar surface area (TPSA) is 290 Å². The lowest BCUT2D eigenvalue weighted by atomic mass is 9.82. The number of nitrogens with zero attached hydrogens (tertiary/aromatic N) is 6. The van der Waals surface area contributed by atoms with Crippen molar-refractivity contribution in [1.82, 2.24) is 29.8 Å². The Labute approximate surface area is 308 Å². The summed E-state index contributed by atoms with van der Waals surface area (Å²) in [6, 6.07) is -3.45. The Morgan fingerprint density at radius 2 is 1.40 bits per heavy atom. The average Bonchev–Trinajstić information content (AvgIpc) is 3.12. The van der Waals surface area contributed by atoms with Gasteiger partial charge in [-0.25, -0.2) is 14.4 Å². The van der Waals surface area contributed by atoms with E-state index >= 15 is 0 Å². The molecule has 21 nitrogen and oxygen atoms in total. The van der Waals surface area contributed by atoms with Gasteiger partial charge in [-0.15, -0.1) is 0 Å². The number of aliphatic hydroxyl groups is 2. The SMILES string of the molecule is CCOC(=O)C1CN(C(=O)N(C)C)CCN1.CN(C)C(=O)N1CCN(C(=O)C2CCCC(N)C2O)C(C(=O)O)C1.O=C(O)C1CCCC([N+](=O)[O-])C1O. The van der Waals surface area contributed by atoms with Crippen molar-refractivity contribution in [1.29, 1.82) is 0 Å². The number of amides is 5. The smallest absolute Gasteiger partial charge is 0.328 e. The van der Waals surface area contributed by atoms with Gasteiger partial charge < -0.3 is 60.7 Å². The third kappa shape index (κ3) is 12.4. The average molecular weight is 761 g/mol. The number of urea groups is 2. The minimum absolute atomic E-state index is 0.0625. The first-order valence-electron chi connectivity index (χ1n) is 17.7. The van der Waals surface area contributed by atoms with E-state index in [1.165, 1.54) is 19.6 Å². The van der Waals surface area contributed by atoms with Crippen LogP contribution in [0.25, 0.3) is 0 Å². The number of hydrogen-bond donors (Lipinski definition) is 6. The number of carboxylic acid groups (broad SMARTS) is 2. The highest BCUT2D eigenvalue weighted by atomic mass is 16.6. The van der Waals surface area contributed by atoms with Crippen molar-refractivity contribution >= 4 is 35.9 Å². The van der Waals surface area contributed by atoms with Gasteiger partial charge in [-0.3, -0.25) is 24.5 Å². The van der Waals surface area contributed by atoms with E-state index in [0.717, 1.165) is 6.42 Å². The van der Waals surface area contributed by atoms with Gasteiger partial charge in [0.25, 0.3) is 0 Å². The zero-order chi connectivity index (χ0) is 40.2. The number of piperazine rings is 2. The molecule has 5 amide bonds. The normalized spacial score (nSPS) is 28.5. The zero-order valence-corrected chi connectivity index (χ0v) is 31.0. The summed E-state index contributed by atoms with van der Waals surface area (Å²) in [4.78, 5) is 87.2. The van der Waals surface area contributed by atoms with E-state index in [-0.39, 0.29) is 50.0 Å². The fourth-order valence-corrected chi connectivity index (χ4v) is 6.67. The number of carboxylic acids is 2. The first-order valence-corrected chi connectivity index (χ1v) is 17.7. The maximum Gasteiger partial charge on any atom is 0.328 e. The van der Waals surface area contributed by atoms with Gasteiger partial charge in [-0.1, -0.05) is 6.42 Å². The molecule has 8 atom stereocenters. The molecule has 4 fully saturated rings. The van der Waals surface area contributed by atoms with Crippen LogP contribution in [0.4, 0.5) is 9.59 Å². The molecule has 53 heavy (non-hydrogen) atoms. The second-order valence-corrected chi connectivity index (χ2v) is 13.8. The minimum Gasteiger partial charge on any atom is -0.481 e. The summed E-state index contributed by atoms with van der Waals surface area (Å²) in [5.41, 5.74) is 5.83. The van der Waals surface area contributed by atoms with Crippen LogP contribution in [0.3, 0.4) is 0 Å². The molecular weight excluding hydrogens is 704 g/mol. The predicted octanol–water partition coefficient (Wildman–Crippen LogP) is -1.86. The minimum atomic E-state index is -1.35. The molecule has 0 aromatic rings. The molecule has 21 heteroatoms. The third-order valence-corrected chi connectivity index (χ3v) is 9.63. The third-order valence-electron chi connectivity index (χ3n) is 9.63. The van der Waals surface area contributed by atoms with Crippen molar-refractivity contribution < 1.29 is 58.9 Å². The van der Waals surface area contributed by atoms with E-state index < -0.39 is 65.1 Å². The second kappa shape index (κ2) is 20.8. The van der Waals surface area contributed by atoms with Crippen molar-refractivity contribution in [2.75, 3.05) is 74.1 Å². The summed E-state index contributed by atoms with van der Waals surface area (Å²) in [6.45, 7) is 4.07. The largest absolute Gasteiger partial charge is 0.481 e. The van der Waals surface area contributed by atoms with Crippen molar-refractivity contribution in [3.63, 3.8) is 0 Å². The summed E-state index contributed by atoms with van der Waals surface area (Å²) in [5.74, 6) is -4.65. The lowest BCUT2D eigenvalue weighted by Gasteiger charge is -2.43. The molecule has 4 rings (SSSR count). The van der Waals surface area contributed by atoms with Gasteiger partial charge in [-0.05, 0) is 32.6 Å². The van der Waals surface area contributed by atoms with Crippen LogP contribution in [-0.2, 0) is 23.9 Å². The number of carbonyl (C=O) groups excluding carboxylic acids is 4. The lowest BCUT2D eigenvalue weighted by Crippen LogP contribution is -2.63. The van der Waals surface area contributed by atoms with Crippen LogP contribution >= 0.6 is 0 Å². The van der Waals surface area contributed by atoms with Crippen LogP contribution in [-0.4, -0.2) is 196 Å². The molecule has 0 aromatic heterocycles. The first-order chi connectivity index (χ1) is 24.8. The molecule has 2 aliphatic heterocycles. The quantitative estimate of drug-likeness (QED) is 0.0983. The number of nitrogens with two attached hydrogens (primary N) is 1. The van der Waals surface area contributed by atoms with Crippen molar-refractivity contribution in [3.05, 3.63) is 10.1 Å². The summed E-state index contributed by atoms with van der Waals surface area (Å²) in [6.07, 6.45) is 0.641. The summed E-state index contributed by atoms with van der Waals surface area (Å²) < 4.78 is 4.92. The van der Waals surface area contributed by atoms with Crippen LogP contribution < -0.4 is 11.1 Å². The van der Waals surface area contributed by atoms with Gasteiger partial charge in [0.15, 0.2) is 0 Å². The molecule has 0 spiro atoms. The van der Waals surface area contributed by atoms with Crippen LogP contribution in [0.5, 0.6) is 0 Å². The number of carbonyl (C=O) groups is 6. The Morgan fingerprint density at radius 1 is 0.830 bits per heavy atom. The van der Waals surface area contributed by atoms with Gasteiger partial charge in [0, 0.05) is 78.3 Å². The van der Waals surface area contributed by atoms with Gasteiger partial charge in [0.2, 0.25) is 11.9 Å². The zero-order valence-electron chi connectivity index (χ0n) is 31.0. The predicted molar refractivity (Wildman–Crippen MR) is 186 cm³/mol. The highest BCUT2D eigenvalue weighted by molar-refractivity contribution is 5.87. The van der Waals surface area contributed by atoms with Crippen molar-refractivity contribution in [2.24, 2.45) is 17.6 Å². The molecule has 0 radical (unpaired) electrons. The summed E-state index contributed by atoms with van der Waals surface area (Å²) >= 11 is 0. The fourth-order valence-electron chi connectivity index (χ4n) is 6.67. The van der Waals surface area contributed by atoms with Crippen LogP contribution in [0.1, 0.15) is 45.4 Å². The Morgan fingerprint density at radius 3 is 1.92 bits per heavy atom. The molecule has 7 N–H and O–H groups in total. The second-order valence-electron chi connectivity index (χ2n) is 13.8. The number of nitro groups is 1. The van der Waals surface area contributed by atoms with Crippen LogP contribution in [0, 0.1) is 22.0 Å². The van der Waals surface area contributed by atoms with E-state index in [1.807, 2.05) is 0 Å². The molecule has 302 valence electrons. The Hall–Kier alpha value is -4.34. The lowest BCUT2D eigenvalue weighted by molar-refractivity contribution is -0.539. The van der Waals surface area contributed by atoms with E-state index in [1.54, 1.807) is 40.0 Å². The van der Waals surface area contributed by atoms with Crippen LogP contribution in [0.15, 0.2) is 0 Å². The number of nitrogens with one attached hydrogen (secondary N) is 1. The maximum atomic E-state index is 12.8. The van der Waals surface area contributed by atoms with Crippen molar-refractivity contribution in [3.8, 4) is 0 Å². The molecule has 4 aliphatic rings. The van der Waals surface area contributed by atoms with E-state index in [0.29, 0.717) is 51.9 Å². The Kier molecular flexibility index (Phi) is 17.6. The molecule has 2 saturated carbocycles. The van der Waals surface area contributed by atoms with Gasteiger partial charge >= 0.3 is 30.0 Å². The molecule has 2 aliphatic carbocycles. The number of aliphatic hydroxyl groups excluding tert-OH is 2. The van der Waals surface area contributed by atoms with E-state index in [2.05, 4.69) is 5.32 Å². The maximum absolute atomic E-state index is 12.8.